The number of carbonyl (C=O) groups is 2. The lowest BCUT2D eigenvalue weighted by Crippen LogP contribution is -2.37. The fraction of sp³-hybridized carbons (Fsp3) is 0.478. The van der Waals surface area contributed by atoms with Crippen LogP contribution in [0.25, 0.3) is 44.4 Å². The normalized spacial score (nSPS) is 14.4. The number of likely N-dealkylation sites (N-methyl/N-ethyl adjacent to an activating group) is 1. The molecule has 2 aliphatic rings. The highest BCUT2D eigenvalue weighted by Gasteiger charge is 2.27. The molecule has 2 aromatic heterocycles. The number of esters is 2. The summed E-state index contributed by atoms with van der Waals surface area (Å²) in [5.74, 6) is -1.03. The quantitative estimate of drug-likeness (QED) is 0.0663. The minimum absolute atomic E-state index is 0.0439. The van der Waals surface area contributed by atoms with Gasteiger partial charge in [0.05, 0.1) is 79.5 Å². The number of aryl methyl sites for hydroxylation is 2. The molecule has 0 aliphatic carbocycles. The van der Waals surface area contributed by atoms with Crippen molar-refractivity contribution in [3.8, 4) is 5.75 Å². The van der Waals surface area contributed by atoms with Crippen LogP contribution in [0, 0.1) is 6.92 Å². The Kier molecular flexibility index (Phi) is 16.5. The van der Waals surface area contributed by atoms with E-state index in [1.807, 2.05) is 35.0 Å². The fourth-order valence-electron chi connectivity index (χ4n) is 7.23. The number of allylic oxidation sites excluding steroid dienone is 4. The van der Waals surface area contributed by atoms with Gasteiger partial charge in [-0.15, -0.1) is 0 Å². The maximum atomic E-state index is 13.1. The van der Waals surface area contributed by atoms with Crippen LogP contribution >= 0.6 is 7.82 Å². The van der Waals surface area contributed by atoms with Crippen molar-refractivity contribution < 1.29 is 46.8 Å². The van der Waals surface area contributed by atoms with Crippen LogP contribution in [0.3, 0.4) is 0 Å². The Morgan fingerprint density at radius 3 is 2.10 bits per heavy atom. The number of fused-ring (bicyclic) bond motifs is 7. The predicted molar refractivity (Wildman–Crippen MR) is 241 cm³/mol. The van der Waals surface area contributed by atoms with Crippen LogP contribution < -0.4 is 4.74 Å². The molecule has 334 valence electrons. The highest BCUT2D eigenvalue weighted by molar-refractivity contribution is 7.47. The number of quaternary nitrogens is 1. The summed E-state index contributed by atoms with van der Waals surface area (Å²) < 4.78 is 39.9. The lowest BCUT2D eigenvalue weighted by molar-refractivity contribution is -0.870. The molecule has 15 nitrogen and oxygen atoms in total. The number of phosphoric acid groups is 1. The highest BCUT2D eigenvalue weighted by atomic mass is 31.2. The Morgan fingerprint density at radius 1 is 0.774 bits per heavy atom. The van der Waals surface area contributed by atoms with E-state index in [-0.39, 0.29) is 13.0 Å². The molecule has 16 heteroatoms. The van der Waals surface area contributed by atoms with Gasteiger partial charge in [-0.05, 0) is 104 Å². The Labute approximate surface area is 364 Å². The number of phosphoric ester groups is 1. The lowest BCUT2D eigenvalue weighted by atomic mass is 9.99. The second-order valence-corrected chi connectivity index (χ2v) is 17.6. The largest absolute Gasteiger partial charge is 0.482 e. The van der Waals surface area contributed by atoms with Gasteiger partial charge < -0.3 is 28.6 Å². The number of carbonyl (C=O) groups excluding carboxylic acids is 2. The molecule has 2 atom stereocenters. The molecular weight excluding hydrogens is 812 g/mol. The smallest absolute Gasteiger partial charge is 0.472 e. The first-order valence-corrected chi connectivity index (χ1v) is 22.9. The Balaban J connectivity index is 1.49. The molecule has 0 saturated heterocycles. The molecule has 2 unspecified atom stereocenters. The summed E-state index contributed by atoms with van der Waals surface area (Å²) in [4.78, 5) is 59.1. The SMILES string of the molecule is CCCC(=O)OCC(COP(=O)(O)OCC[N+](C)(C)C)OC(=O)COc1ccc2ncc3[nH]c(cc4nc(cc5nc(cnc2c1)C(C)=C5CC)C(CC)=C4CC)c(CC)c3C. The van der Waals surface area contributed by atoms with Gasteiger partial charge in [-0.25, -0.2) is 19.3 Å². The summed E-state index contributed by atoms with van der Waals surface area (Å²) in [5.41, 5.74) is 13.2. The van der Waals surface area contributed by atoms with Gasteiger partial charge in [0.25, 0.3) is 0 Å². The topological polar surface area (TPSA) is 185 Å². The number of nitrogens with zero attached hydrogens (tertiary/aromatic N) is 5. The van der Waals surface area contributed by atoms with Crippen molar-refractivity contribution in [1.82, 2.24) is 24.9 Å². The van der Waals surface area contributed by atoms with Gasteiger partial charge in [0.2, 0.25) is 0 Å². The first-order valence-electron chi connectivity index (χ1n) is 21.4. The van der Waals surface area contributed by atoms with Crippen molar-refractivity contribution in [3.05, 3.63) is 76.6 Å². The summed E-state index contributed by atoms with van der Waals surface area (Å²) in [6.07, 6.45) is 6.29. The van der Waals surface area contributed by atoms with Crippen molar-refractivity contribution in [1.29, 1.82) is 0 Å². The zero-order valence-corrected chi connectivity index (χ0v) is 38.7. The zero-order valence-electron chi connectivity index (χ0n) is 37.8. The van der Waals surface area contributed by atoms with E-state index in [1.54, 1.807) is 30.6 Å². The molecule has 0 radical (unpaired) electrons. The summed E-state index contributed by atoms with van der Waals surface area (Å²) in [6, 6.07) is 9.35. The van der Waals surface area contributed by atoms with Gasteiger partial charge in [0.1, 0.15) is 25.5 Å². The van der Waals surface area contributed by atoms with Crippen LogP contribution in [0.2, 0.25) is 0 Å². The summed E-state index contributed by atoms with van der Waals surface area (Å²) in [7, 11) is 1.22. The number of nitrogens with one attached hydrogen (secondary N) is 1. The van der Waals surface area contributed by atoms with Crippen LogP contribution in [-0.2, 0) is 39.1 Å². The monoisotopic (exact) mass is 873 g/mol. The molecule has 0 saturated carbocycles. The number of aromatic nitrogens is 5. The number of aromatic amines is 1. The maximum absolute atomic E-state index is 13.1. The fourth-order valence-corrected chi connectivity index (χ4v) is 7.97. The molecule has 62 heavy (non-hydrogen) atoms. The van der Waals surface area contributed by atoms with Crippen LogP contribution in [0.15, 0.2) is 42.7 Å². The van der Waals surface area contributed by atoms with Crippen LogP contribution in [-0.4, -0.2) is 106 Å². The van der Waals surface area contributed by atoms with Gasteiger partial charge in [-0.3, -0.25) is 23.8 Å². The Bertz CT molecular complexity index is 2450. The molecule has 4 heterocycles. The first kappa shape index (κ1) is 48.0. The van der Waals surface area contributed by atoms with E-state index >= 15 is 0 Å². The number of benzene rings is 1. The second-order valence-electron chi connectivity index (χ2n) is 16.2. The number of rotatable bonds is 19. The van der Waals surface area contributed by atoms with Crippen LogP contribution in [0.1, 0.15) is 108 Å². The Morgan fingerprint density at radius 2 is 1.44 bits per heavy atom. The van der Waals surface area contributed by atoms with Gasteiger partial charge in [0, 0.05) is 18.0 Å². The van der Waals surface area contributed by atoms with E-state index in [0.717, 1.165) is 70.5 Å². The van der Waals surface area contributed by atoms with Crippen molar-refractivity contribution in [2.75, 3.05) is 54.1 Å². The van der Waals surface area contributed by atoms with Gasteiger partial charge >= 0.3 is 19.8 Å². The molecule has 6 bridgehead atoms. The lowest BCUT2D eigenvalue weighted by Gasteiger charge is -2.24. The third kappa shape index (κ3) is 12.5. The van der Waals surface area contributed by atoms with Crippen LogP contribution in [0.4, 0.5) is 0 Å². The molecule has 0 spiro atoms. The first-order chi connectivity index (χ1) is 29.5. The molecule has 2 aliphatic heterocycles. The maximum Gasteiger partial charge on any atom is 0.472 e. The standard InChI is InChI=1S/C46H61N6O9P/c1-11-16-45(53)58-26-32(27-60-62(55,56)59-20-19-52(8,9)10)61-46(54)28-57-31-17-18-37-42(21-31)48-25-44-30(7)34(13-3)39(51-44)23-41-36(15-5)35(14-4)40(49-41)22-38-33(12-2)29(6)43(50-38)24-47-37/h17-18,21-25,32H,11-16,19-20,26-28H2,1-10H3,(H-,47,48,49,50,51,55,56)/p+1. The van der Waals surface area contributed by atoms with E-state index in [4.69, 9.17) is 43.2 Å². The van der Waals surface area contributed by atoms with Crippen molar-refractivity contribution in [2.24, 2.45) is 0 Å². The molecule has 0 fully saturated rings. The third-order valence-corrected chi connectivity index (χ3v) is 11.6. The van der Waals surface area contributed by atoms with E-state index in [0.29, 0.717) is 39.9 Å². The average molecular weight is 874 g/mol. The third-order valence-electron chi connectivity index (χ3n) is 10.6. The summed E-state index contributed by atoms with van der Waals surface area (Å²) in [5, 5.41) is 0. The predicted octanol–water partition coefficient (Wildman–Crippen LogP) is 8.75. The van der Waals surface area contributed by atoms with E-state index in [9.17, 15) is 19.0 Å². The van der Waals surface area contributed by atoms with E-state index in [2.05, 4.69) is 51.7 Å². The zero-order chi connectivity index (χ0) is 45.2. The number of ether oxygens (including phenoxy) is 3. The Hall–Kier alpha value is -5.05. The van der Waals surface area contributed by atoms with Gasteiger partial charge in [0.15, 0.2) is 12.7 Å². The molecule has 3 aromatic rings. The van der Waals surface area contributed by atoms with Crippen LogP contribution in [0.5, 0.6) is 5.75 Å². The average Bonchev–Trinajstić information content (AvgIpc) is 3.83. The highest BCUT2D eigenvalue weighted by Crippen LogP contribution is 2.43. The second kappa shape index (κ2) is 21.4. The molecule has 1 aromatic carbocycles. The van der Waals surface area contributed by atoms with Gasteiger partial charge in [-0.1, -0.05) is 34.6 Å². The number of hydrogen-bond acceptors (Lipinski definition) is 12. The van der Waals surface area contributed by atoms with E-state index < -0.39 is 45.7 Å². The van der Waals surface area contributed by atoms with Crippen molar-refractivity contribution in [2.45, 2.75) is 93.1 Å². The number of hydrogen-bond donors (Lipinski definition) is 2. The summed E-state index contributed by atoms with van der Waals surface area (Å²) >= 11 is 0. The van der Waals surface area contributed by atoms with E-state index in [1.165, 1.54) is 16.7 Å². The molecule has 2 N–H and O–H groups in total. The molecule has 5 rings (SSSR count). The molecular formula is C46H62N6O9P+. The van der Waals surface area contributed by atoms with Crippen molar-refractivity contribution in [3.63, 3.8) is 0 Å². The number of H-pyrrole nitrogens is 1. The minimum atomic E-state index is -4.51. The van der Waals surface area contributed by atoms with Gasteiger partial charge in [-0.2, -0.15) is 0 Å². The van der Waals surface area contributed by atoms with Crippen molar-refractivity contribution >= 4 is 64.1 Å². The summed E-state index contributed by atoms with van der Waals surface area (Å²) in [6.45, 7) is 13.4. The molecule has 0 amide bonds. The minimum Gasteiger partial charge on any atom is -0.482 e.